The molecular formula is C17H21NO. The maximum Gasteiger partial charge on any atom is 0.119 e. The Balaban J connectivity index is 2.29. The number of rotatable bonds is 5. The lowest BCUT2D eigenvalue weighted by Gasteiger charge is -2.10. The van der Waals surface area contributed by atoms with Crippen LogP contribution in [0.2, 0.25) is 0 Å². The Morgan fingerprint density at radius 2 is 1.79 bits per heavy atom. The van der Waals surface area contributed by atoms with Crippen LogP contribution in [0.5, 0.6) is 5.75 Å². The van der Waals surface area contributed by atoms with Crippen LogP contribution in [0.3, 0.4) is 0 Å². The molecule has 0 amide bonds. The first-order valence-corrected chi connectivity index (χ1v) is 6.77. The summed E-state index contributed by atoms with van der Waals surface area (Å²) in [5, 5.41) is 0. The number of hydrogen-bond donors (Lipinski definition) is 1. The Bertz CT molecular complexity index is 531. The van der Waals surface area contributed by atoms with E-state index in [0.717, 1.165) is 18.8 Å². The molecule has 0 aliphatic rings. The van der Waals surface area contributed by atoms with Crippen molar-refractivity contribution in [2.75, 3.05) is 6.61 Å². The van der Waals surface area contributed by atoms with Crippen LogP contribution in [0.25, 0.3) is 11.1 Å². The zero-order chi connectivity index (χ0) is 13.7. The lowest BCUT2D eigenvalue weighted by molar-refractivity contribution is 0.317. The first-order chi connectivity index (χ1) is 9.24. The van der Waals surface area contributed by atoms with Gasteiger partial charge in [-0.2, -0.15) is 0 Å². The molecule has 2 aromatic rings. The van der Waals surface area contributed by atoms with Crippen molar-refractivity contribution in [3.05, 3.63) is 53.6 Å². The van der Waals surface area contributed by atoms with Gasteiger partial charge in [0.2, 0.25) is 0 Å². The second-order valence-corrected chi connectivity index (χ2v) is 4.74. The van der Waals surface area contributed by atoms with Crippen LogP contribution < -0.4 is 10.5 Å². The zero-order valence-corrected chi connectivity index (χ0v) is 11.6. The van der Waals surface area contributed by atoms with Crippen LogP contribution >= 0.6 is 0 Å². The van der Waals surface area contributed by atoms with Crippen molar-refractivity contribution in [1.82, 2.24) is 0 Å². The van der Waals surface area contributed by atoms with E-state index >= 15 is 0 Å². The predicted octanol–water partition coefficient (Wildman–Crippen LogP) is 3.91. The molecule has 2 rings (SSSR count). The van der Waals surface area contributed by atoms with E-state index in [0.29, 0.717) is 6.54 Å². The van der Waals surface area contributed by atoms with Crippen molar-refractivity contribution >= 4 is 0 Å². The van der Waals surface area contributed by atoms with E-state index in [9.17, 15) is 0 Å². The average Bonchev–Trinajstić information content (AvgIpc) is 2.45. The second-order valence-electron chi connectivity index (χ2n) is 4.74. The molecule has 0 fully saturated rings. The van der Waals surface area contributed by atoms with Gasteiger partial charge in [-0.1, -0.05) is 42.8 Å². The van der Waals surface area contributed by atoms with Crippen molar-refractivity contribution in [1.29, 1.82) is 0 Å². The maximum absolute atomic E-state index is 5.81. The van der Waals surface area contributed by atoms with Crippen molar-refractivity contribution in [3.8, 4) is 16.9 Å². The quantitative estimate of drug-likeness (QED) is 0.879. The van der Waals surface area contributed by atoms with E-state index in [4.69, 9.17) is 10.5 Å². The fourth-order valence-corrected chi connectivity index (χ4v) is 2.09. The highest BCUT2D eigenvalue weighted by molar-refractivity contribution is 5.68. The number of aryl methyl sites for hydroxylation is 1. The molecule has 19 heavy (non-hydrogen) atoms. The van der Waals surface area contributed by atoms with E-state index in [-0.39, 0.29) is 0 Å². The fourth-order valence-electron chi connectivity index (χ4n) is 2.09. The molecule has 0 radical (unpaired) electrons. The van der Waals surface area contributed by atoms with E-state index in [1.807, 2.05) is 12.1 Å². The molecule has 0 aromatic heterocycles. The molecule has 2 aromatic carbocycles. The Morgan fingerprint density at radius 3 is 2.42 bits per heavy atom. The van der Waals surface area contributed by atoms with Crippen LogP contribution in [0.15, 0.2) is 42.5 Å². The van der Waals surface area contributed by atoms with Crippen molar-refractivity contribution in [3.63, 3.8) is 0 Å². The molecule has 0 aliphatic heterocycles. The topological polar surface area (TPSA) is 35.2 Å². The molecule has 100 valence electrons. The van der Waals surface area contributed by atoms with Gasteiger partial charge in [0, 0.05) is 6.54 Å². The maximum atomic E-state index is 5.81. The SMILES string of the molecule is CCCOc1ccc(-c2cc(C)ccc2CN)cc1. The highest BCUT2D eigenvalue weighted by Gasteiger charge is 2.04. The number of benzene rings is 2. The molecule has 0 atom stereocenters. The van der Waals surface area contributed by atoms with Gasteiger partial charge in [0.1, 0.15) is 5.75 Å². The number of hydrogen-bond acceptors (Lipinski definition) is 2. The van der Waals surface area contributed by atoms with Gasteiger partial charge in [-0.3, -0.25) is 0 Å². The fraction of sp³-hybridized carbons (Fsp3) is 0.294. The second kappa shape index (κ2) is 6.39. The third-order valence-corrected chi connectivity index (χ3v) is 3.12. The molecule has 0 unspecified atom stereocenters. The smallest absolute Gasteiger partial charge is 0.119 e. The van der Waals surface area contributed by atoms with Crippen LogP contribution in [0.1, 0.15) is 24.5 Å². The third-order valence-electron chi connectivity index (χ3n) is 3.12. The largest absolute Gasteiger partial charge is 0.494 e. The third kappa shape index (κ3) is 3.36. The van der Waals surface area contributed by atoms with Gasteiger partial charge in [-0.25, -0.2) is 0 Å². The minimum absolute atomic E-state index is 0.559. The van der Waals surface area contributed by atoms with Crippen molar-refractivity contribution in [2.24, 2.45) is 5.73 Å². The van der Waals surface area contributed by atoms with E-state index in [1.54, 1.807) is 0 Å². The van der Waals surface area contributed by atoms with Crippen LogP contribution in [0, 0.1) is 6.92 Å². The van der Waals surface area contributed by atoms with E-state index in [1.165, 1.54) is 22.3 Å². The molecule has 0 aliphatic carbocycles. The monoisotopic (exact) mass is 255 g/mol. The van der Waals surface area contributed by atoms with Crippen molar-refractivity contribution in [2.45, 2.75) is 26.8 Å². The summed E-state index contributed by atoms with van der Waals surface area (Å²) in [5.74, 6) is 0.924. The van der Waals surface area contributed by atoms with Gasteiger partial charge < -0.3 is 10.5 Å². The summed E-state index contributed by atoms with van der Waals surface area (Å²) < 4.78 is 5.60. The normalized spacial score (nSPS) is 10.5. The Hall–Kier alpha value is -1.80. The molecule has 0 bridgehead atoms. The van der Waals surface area contributed by atoms with Crippen LogP contribution in [0.4, 0.5) is 0 Å². The summed E-state index contributed by atoms with van der Waals surface area (Å²) in [7, 11) is 0. The summed E-state index contributed by atoms with van der Waals surface area (Å²) in [4.78, 5) is 0. The van der Waals surface area contributed by atoms with Crippen molar-refractivity contribution < 1.29 is 4.74 Å². The number of ether oxygens (including phenoxy) is 1. The average molecular weight is 255 g/mol. The summed E-state index contributed by atoms with van der Waals surface area (Å²) >= 11 is 0. The highest BCUT2D eigenvalue weighted by Crippen LogP contribution is 2.26. The van der Waals surface area contributed by atoms with Gasteiger partial charge in [0.05, 0.1) is 6.61 Å². The molecule has 2 N–H and O–H groups in total. The van der Waals surface area contributed by atoms with Gasteiger partial charge in [0.15, 0.2) is 0 Å². The summed E-state index contributed by atoms with van der Waals surface area (Å²) in [5.41, 5.74) is 10.6. The molecule has 0 saturated heterocycles. The first-order valence-electron chi connectivity index (χ1n) is 6.77. The van der Waals surface area contributed by atoms with Gasteiger partial charge in [-0.05, 0) is 42.2 Å². The zero-order valence-electron chi connectivity index (χ0n) is 11.6. The Kier molecular flexibility index (Phi) is 4.58. The van der Waals surface area contributed by atoms with Crippen LogP contribution in [-0.4, -0.2) is 6.61 Å². The molecule has 2 nitrogen and oxygen atoms in total. The van der Waals surface area contributed by atoms with Crippen LogP contribution in [-0.2, 0) is 6.54 Å². The summed E-state index contributed by atoms with van der Waals surface area (Å²) in [6, 6.07) is 14.6. The highest BCUT2D eigenvalue weighted by atomic mass is 16.5. The lowest BCUT2D eigenvalue weighted by Crippen LogP contribution is -1.99. The number of nitrogens with two attached hydrogens (primary N) is 1. The minimum atomic E-state index is 0.559. The summed E-state index contributed by atoms with van der Waals surface area (Å²) in [6.45, 7) is 5.53. The van der Waals surface area contributed by atoms with E-state index in [2.05, 4.69) is 44.2 Å². The van der Waals surface area contributed by atoms with Gasteiger partial charge >= 0.3 is 0 Å². The lowest BCUT2D eigenvalue weighted by atomic mass is 9.97. The molecule has 2 heteroatoms. The minimum Gasteiger partial charge on any atom is -0.494 e. The Labute approximate surface area is 115 Å². The molecule has 0 heterocycles. The molecule has 0 spiro atoms. The standard InChI is InChI=1S/C17H21NO/c1-3-10-19-16-8-6-14(7-9-16)17-11-13(2)4-5-15(17)12-18/h4-9,11H,3,10,12,18H2,1-2H3. The van der Waals surface area contributed by atoms with Gasteiger partial charge in [0.25, 0.3) is 0 Å². The first kappa shape index (κ1) is 13.6. The molecular weight excluding hydrogens is 234 g/mol. The molecule has 0 saturated carbocycles. The predicted molar refractivity (Wildman–Crippen MR) is 80.3 cm³/mol. The summed E-state index contributed by atoms with van der Waals surface area (Å²) in [6.07, 6.45) is 1.02. The van der Waals surface area contributed by atoms with Gasteiger partial charge in [-0.15, -0.1) is 0 Å². The van der Waals surface area contributed by atoms with E-state index < -0.39 is 0 Å². The Morgan fingerprint density at radius 1 is 1.05 bits per heavy atom.